The predicted molar refractivity (Wildman–Crippen MR) is 162 cm³/mol. The van der Waals surface area contributed by atoms with Gasteiger partial charge in [-0.25, -0.2) is 0 Å². The normalized spacial score (nSPS) is 16.1. The topological polar surface area (TPSA) is 65.0 Å². The number of hydrogen-bond donors (Lipinski definition) is 1. The highest BCUT2D eigenvalue weighted by Crippen LogP contribution is 2.35. The number of rotatable bonds is 17. The molecule has 1 aliphatic rings. The van der Waals surface area contributed by atoms with E-state index in [1.165, 1.54) is 57.1 Å². The van der Waals surface area contributed by atoms with Crippen LogP contribution in [0.1, 0.15) is 107 Å². The number of ketones is 1. The second-order valence-corrected chi connectivity index (χ2v) is 10.9. The van der Waals surface area contributed by atoms with E-state index < -0.39 is 12.1 Å². The lowest BCUT2D eigenvalue weighted by atomic mass is 10.0. The molecule has 5 nitrogen and oxygen atoms in total. The van der Waals surface area contributed by atoms with Crippen molar-refractivity contribution in [3.8, 4) is 11.5 Å². The first-order valence-corrected chi connectivity index (χ1v) is 15.3. The Morgan fingerprint density at radius 1 is 1.05 bits per heavy atom. The monoisotopic (exact) mass is 568 g/mol. The number of allylic oxidation sites excluding steroid dienone is 4. The van der Waals surface area contributed by atoms with Crippen LogP contribution < -0.4 is 4.74 Å². The minimum Gasteiger partial charge on any atom is -0.507 e. The molecule has 1 saturated heterocycles. The summed E-state index contributed by atoms with van der Waals surface area (Å²) in [5.74, 6) is -0.154. The van der Waals surface area contributed by atoms with E-state index in [2.05, 4.69) is 13.0 Å². The molecule has 2 aromatic rings. The van der Waals surface area contributed by atoms with Gasteiger partial charge in [0.05, 0.1) is 17.2 Å². The minimum absolute atomic E-state index is 0.0779. The Morgan fingerprint density at radius 2 is 1.77 bits per heavy atom. The maximum Gasteiger partial charge on any atom is 0.231 e. The van der Waals surface area contributed by atoms with E-state index in [1.807, 2.05) is 43.3 Å². The summed E-state index contributed by atoms with van der Waals surface area (Å²) in [6, 6.07) is 12.5. The van der Waals surface area contributed by atoms with Gasteiger partial charge in [0.25, 0.3) is 0 Å². The molecule has 40 heavy (non-hydrogen) atoms. The molecular formula is C34H45ClO5. The lowest BCUT2D eigenvalue weighted by Crippen LogP contribution is -2.24. The fourth-order valence-corrected chi connectivity index (χ4v) is 4.90. The van der Waals surface area contributed by atoms with E-state index in [-0.39, 0.29) is 28.7 Å². The van der Waals surface area contributed by atoms with Gasteiger partial charge in [-0.15, -0.1) is 0 Å². The van der Waals surface area contributed by atoms with Crippen molar-refractivity contribution in [3.05, 3.63) is 82.1 Å². The van der Waals surface area contributed by atoms with Gasteiger partial charge in [-0.3, -0.25) is 4.79 Å². The molecule has 1 N–H and O–H groups in total. The zero-order chi connectivity index (χ0) is 28.6. The lowest BCUT2D eigenvalue weighted by molar-refractivity contribution is -0.136. The average molecular weight is 569 g/mol. The molecule has 218 valence electrons. The number of ether oxygens (including phenoxy) is 3. The number of aromatic hydroxyl groups is 1. The first-order valence-electron chi connectivity index (χ1n) is 14.9. The van der Waals surface area contributed by atoms with Gasteiger partial charge in [0.2, 0.25) is 5.78 Å². The lowest BCUT2D eigenvalue weighted by Gasteiger charge is -2.25. The molecule has 1 fully saturated rings. The molecule has 0 aliphatic carbocycles. The summed E-state index contributed by atoms with van der Waals surface area (Å²) in [6.07, 6.45) is 17.3. The van der Waals surface area contributed by atoms with Crippen LogP contribution in [-0.4, -0.2) is 23.8 Å². The molecule has 2 aromatic carbocycles. The number of halogens is 1. The van der Waals surface area contributed by atoms with Crippen molar-refractivity contribution >= 4 is 17.4 Å². The molecule has 6 heteroatoms. The van der Waals surface area contributed by atoms with Gasteiger partial charge < -0.3 is 19.3 Å². The number of hydrogen-bond acceptors (Lipinski definition) is 5. The molecular weight excluding hydrogens is 524 g/mol. The van der Waals surface area contributed by atoms with Gasteiger partial charge in [-0.1, -0.05) is 106 Å². The molecule has 0 radical (unpaired) electrons. The van der Waals surface area contributed by atoms with E-state index in [0.717, 1.165) is 31.2 Å². The van der Waals surface area contributed by atoms with Crippen LogP contribution in [0.4, 0.5) is 0 Å². The van der Waals surface area contributed by atoms with Gasteiger partial charge in [0.1, 0.15) is 18.1 Å². The maximum atomic E-state index is 13.8. The largest absolute Gasteiger partial charge is 0.507 e. The van der Waals surface area contributed by atoms with Gasteiger partial charge >= 0.3 is 0 Å². The number of phenolic OH excluding ortho intramolecular Hbond substituents is 1. The van der Waals surface area contributed by atoms with Gasteiger partial charge in [-0.2, -0.15) is 0 Å². The van der Waals surface area contributed by atoms with Crippen LogP contribution in [0.5, 0.6) is 11.5 Å². The zero-order valence-corrected chi connectivity index (χ0v) is 24.9. The number of phenols is 1. The highest BCUT2D eigenvalue weighted by molar-refractivity contribution is 6.32. The maximum absolute atomic E-state index is 13.8. The van der Waals surface area contributed by atoms with Crippen molar-refractivity contribution in [3.63, 3.8) is 0 Å². The second kappa shape index (κ2) is 17.8. The van der Waals surface area contributed by atoms with Crippen molar-refractivity contribution in [1.82, 2.24) is 0 Å². The zero-order valence-electron chi connectivity index (χ0n) is 24.1. The quantitative estimate of drug-likeness (QED) is 0.0676. The fourth-order valence-electron chi connectivity index (χ4n) is 4.69. The summed E-state index contributed by atoms with van der Waals surface area (Å²) in [4.78, 5) is 13.8. The molecule has 3 rings (SSSR count). The molecule has 0 aromatic heterocycles. The Labute approximate surface area is 245 Å². The summed E-state index contributed by atoms with van der Waals surface area (Å²) in [7, 11) is 0. The number of unbranched alkanes of at least 4 members (excludes halogenated alkanes) is 8. The first kappa shape index (κ1) is 31.8. The fraction of sp³-hybridized carbons (Fsp3) is 0.500. The van der Waals surface area contributed by atoms with Crippen LogP contribution in [0.2, 0.25) is 5.02 Å². The van der Waals surface area contributed by atoms with Gasteiger partial charge in [-0.05, 0) is 49.8 Å². The minimum atomic E-state index is -0.494. The summed E-state index contributed by atoms with van der Waals surface area (Å²) in [5.41, 5.74) is 1.74. The van der Waals surface area contributed by atoms with Gasteiger partial charge in [0.15, 0.2) is 12.0 Å². The molecule has 0 bridgehead atoms. The molecule has 0 amide bonds. The van der Waals surface area contributed by atoms with Crippen LogP contribution >= 0.6 is 11.6 Å². The van der Waals surface area contributed by atoms with Crippen LogP contribution in [0.25, 0.3) is 0 Å². The van der Waals surface area contributed by atoms with Gasteiger partial charge in [0, 0.05) is 12.5 Å². The third-order valence-electron chi connectivity index (χ3n) is 7.08. The van der Waals surface area contributed by atoms with Crippen LogP contribution in [0.3, 0.4) is 0 Å². The Hall–Kier alpha value is -2.76. The predicted octanol–water partition coefficient (Wildman–Crippen LogP) is 9.71. The Kier molecular flexibility index (Phi) is 14.2. The average Bonchev–Trinajstić information content (AvgIpc) is 2.97. The van der Waals surface area contributed by atoms with Crippen molar-refractivity contribution in [2.45, 2.75) is 104 Å². The summed E-state index contributed by atoms with van der Waals surface area (Å²) in [5, 5.41) is 10.9. The summed E-state index contributed by atoms with van der Waals surface area (Å²) >= 11 is 6.35. The molecule has 0 saturated carbocycles. The number of carbonyl (C=O) groups is 1. The van der Waals surface area contributed by atoms with E-state index in [1.54, 1.807) is 0 Å². The Bertz CT molecular complexity index is 1100. The molecule has 1 aliphatic heterocycles. The number of benzene rings is 2. The second-order valence-electron chi connectivity index (χ2n) is 10.5. The van der Waals surface area contributed by atoms with E-state index in [9.17, 15) is 9.90 Å². The number of carbonyl (C=O) groups excluding carboxylic acids is 1. The van der Waals surface area contributed by atoms with E-state index in [4.69, 9.17) is 25.8 Å². The van der Waals surface area contributed by atoms with Crippen molar-refractivity contribution < 1.29 is 24.1 Å². The molecule has 1 heterocycles. The van der Waals surface area contributed by atoms with Crippen LogP contribution in [0.15, 0.2) is 65.9 Å². The van der Waals surface area contributed by atoms with Crippen LogP contribution in [-0.2, 0) is 16.1 Å². The van der Waals surface area contributed by atoms with E-state index >= 15 is 0 Å². The van der Waals surface area contributed by atoms with Crippen molar-refractivity contribution in [1.29, 1.82) is 0 Å². The highest BCUT2D eigenvalue weighted by Gasteiger charge is 2.26. The summed E-state index contributed by atoms with van der Waals surface area (Å²) < 4.78 is 17.8. The molecule has 1 atom stereocenters. The smallest absolute Gasteiger partial charge is 0.231 e. The van der Waals surface area contributed by atoms with Crippen LogP contribution in [0, 0.1) is 0 Å². The SMILES string of the molecule is CCCCCCCCCCC=CC(C)=C(OC1CCCCO1)C(=O)c1cc(OCc2ccccc2)c(Cl)cc1O. The summed E-state index contributed by atoms with van der Waals surface area (Å²) in [6.45, 7) is 4.99. The third kappa shape index (κ3) is 10.7. The molecule has 0 spiro atoms. The van der Waals surface area contributed by atoms with E-state index in [0.29, 0.717) is 24.4 Å². The third-order valence-corrected chi connectivity index (χ3v) is 7.37. The Morgan fingerprint density at radius 3 is 2.48 bits per heavy atom. The number of Topliss-reactive ketones (excluding diaryl/α,β-unsaturated/α-hetero) is 1. The van der Waals surface area contributed by atoms with Crippen molar-refractivity contribution in [2.75, 3.05) is 6.61 Å². The molecule has 1 unspecified atom stereocenters. The Balaban J connectivity index is 1.70. The highest BCUT2D eigenvalue weighted by atomic mass is 35.5. The standard InChI is InChI=1S/C34H45ClO5/c1-3-4-5-6-7-8-9-10-11-13-18-26(2)34(40-32-21-16-17-22-38-32)33(37)28-23-31(29(35)24-30(28)36)39-25-27-19-14-12-15-20-27/h12-15,18-20,23-24,32,36H,3-11,16-17,21-22,25H2,1-2H3. The van der Waals surface area contributed by atoms with Crippen molar-refractivity contribution in [2.24, 2.45) is 0 Å². The first-order chi connectivity index (χ1) is 19.5.